The second-order valence-corrected chi connectivity index (χ2v) is 9.52. The Morgan fingerprint density at radius 3 is 2.38 bits per heavy atom. The largest absolute Gasteiger partial charge is 0.449 e. The van der Waals surface area contributed by atoms with Crippen molar-refractivity contribution in [2.75, 3.05) is 0 Å². The van der Waals surface area contributed by atoms with Gasteiger partial charge in [0.25, 0.3) is 20.0 Å². The molecule has 0 N–H and O–H groups in total. The van der Waals surface area contributed by atoms with Crippen LogP contribution in [0.3, 0.4) is 0 Å². The summed E-state index contributed by atoms with van der Waals surface area (Å²) in [6.07, 6.45) is -4.76. The van der Waals surface area contributed by atoms with E-state index >= 15 is 0 Å². The SMILES string of the molecule is FC(F)(F)CC[SiH2]O[SiH2]O[SiH2]O[SiH3]. The summed E-state index contributed by atoms with van der Waals surface area (Å²) in [5.74, 6) is 0. The number of hydrogen-bond acceptors (Lipinski definition) is 3. The lowest BCUT2D eigenvalue weighted by atomic mass is 10.5. The third-order valence-corrected chi connectivity index (χ3v) is 5.86. The van der Waals surface area contributed by atoms with E-state index in [-0.39, 0.29) is 6.04 Å². The predicted molar refractivity (Wildman–Crippen MR) is 54.3 cm³/mol. The van der Waals surface area contributed by atoms with Gasteiger partial charge >= 0.3 is 6.18 Å². The fourth-order valence-corrected chi connectivity index (χ4v) is 6.41. The van der Waals surface area contributed by atoms with E-state index in [0.29, 0.717) is 10.5 Å². The minimum absolute atomic E-state index is 0.156. The smallest absolute Gasteiger partial charge is 0.388 e. The van der Waals surface area contributed by atoms with Crippen LogP contribution in [0.5, 0.6) is 0 Å². The van der Waals surface area contributed by atoms with Crippen molar-refractivity contribution in [3.8, 4) is 0 Å². The highest BCUT2D eigenvalue weighted by Gasteiger charge is 2.25. The topological polar surface area (TPSA) is 27.7 Å². The van der Waals surface area contributed by atoms with E-state index in [2.05, 4.69) is 0 Å². The Morgan fingerprint density at radius 1 is 1.15 bits per heavy atom. The normalized spacial score (nSPS) is 15.0. The monoisotopic (exact) mass is 266 g/mol. The first kappa shape index (κ1) is 13.5. The second-order valence-electron chi connectivity index (χ2n) is 2.36. The Labute approximate surface area is 84.9 Å². The third-order valence-electron chi connectivity index (χ3n) is 1.12. The number of alkyl halides is 3. The zero-order valence-corrected chi connectivity index (χ0v) is 13.6. The van der Waals surface area contributed by atoms with Gasteiger partial charge in [-0.3, -0.25) is 0 Å². The highest BCUT2D eigenvalue weighted by atomic mass is 28.4. The van der Waals surface area contributed by atoms with Gasteiger partial charge in [-0.1, -0.05) is 0 Å². The van der Waals surface area contributed by atoms with E-state index < -0.39 is 42.4 Å². The molecule has 0 amide bonds. The minimum atomic E-state index is -4.04. The molecule has 0 rings (SSSR count). The molecular weight excluding hydrogens is 253 g/mol. The molecule has 0 spiro atoms. The standard InChI is InChI=1S/C3H13F3O3Si4/c4-3(5,6)1-2-11-8-13-9-12-7-10/h1-2,11-13H2,10H3. The molecule has 13 heavy (non-hydrogen) atoms. The van der Waals surface area contributed by atoms with Crippen LogP contribution < -0.4 is 0 Å². The van der Waals surface area contributed by atoms with Crippen molar-refractivity contribution >= 4 is 40.3 Å². The Bertz CT molecular complexity index is 123. The van der Waals surface area contributed by atoms with Gasteiger partial charge < -0.3 is 12.3 Å². The average molecular weight is 266 g/mol. The first-order valence-electron chi connectivity index (χ1n) is 3.77. The summed E-state index contributed by atoms with van der Waals surface area (Å²) in [5.41, 5.74) is 0. The van der Waals surface area contributed by atoms with Crippen LogP contribution >= 0.6 is 0 Å². The maximum absolute atomic E-state index is 11.6. The fraction of sp³-hybridized carbons (Fsp3) is 1.00. The first-order valence-corrected chi connectivity index (χ1v) is 8.48. The summed E-state index contributed by atoms with van der Waals surface area (Å²) < 4.78 is 49.8. The molecule has 3 nitrogen and oxygen atoms in total. The van der Waals surface area contributed by atoms with Gasteiger partial charge in [-0.25, -0.2) is 0 Å². The van der Waals surface area contributed by atoms with Gasteiger partial charge in [0, 0.05) is 6.42 Å². The summed E-state index contributed by atoms with van der Waals surface area (Å²) in [7, 11) is -2.19. The lowest BCUT2D eigenvalue weighted by molar-refractivity contribution is -0.130. The molecule has 0 aliphatic heterocycles. The molecule has 0 unspecified atom stereocenters. The molecule has 0 radical (unpaired) electrons. The molecule has 0 fully saturated rings. The Kier molecular flexibility index (Phi) is 8.22. The first-order chi connectivity index (χ1) is 6.06. The number of rotatable bonds is 7. The lowest BCUT2D eigenvalue weighted by Gasteiger charge is -2.06. The van der Waals surface area contributed by atoms with Crippen LogP contribution in [0.4, 0.5) is 13.2 Å². The molecule has 0 aromatic rings. The molecular formula is C3H13F3O3Si4. The molecule has 0 saturated carbocycles. The molecule has 0 aliphatic carbocycles. The molecule has 0 atom stereocenters. The maximum atomic E-state index is 11.6. The van der Waals surface area contributed by atoms with Crippen LogP contribution in [0.25, 0.3) is 0 Å². The Hall–Kier alpha value is 0.538. The van der Waals surface area contributed by atoms with Crippen LogP contribution in [0.2, 0.25) is 6.04 Å². The molecule has 10 heteroatoms. The van der Waals surface area contributed by atoms with E-state index in [4.69, 9.17) is 12.3 Å². The van der Waals surface area contributed by atoms with Gasteiger partial charge in [-0.15, -0.1) is 0 Å². The lowest BCUT2D eigenvalue weighted by Crippen LogP contribution is -2.14. The van der Waals surface area contributed by atoms with Crippen molar-refractivity contribution in [2.45, 2.75) is 18.6 Å². The molecule has 0 aromatic heterocycles. The molecule has 0 bridgehead atoms. The summed E-state index contributed by atoms with van der Waals surface area (Å²) in [6.45, 7) is 0. The Balaban J connectivity index is 3.00. The zero-order valence-electron chi connectivity index (χ0n) is 7.39. The van der Waals surface area contributed by atoms with E-state index in [0.717, 1.165) is 0 Å². The molecule has 80 valence electrons. The van der Waals surface area contributed by atoms with Crippen LogP contribution in [-0.2, 0) is 12.3 Å². The number of halogens is 3. The van der Waals surface area contributed by atoms with Gasteiger partial charge in [0.05, 0.1) is 0 Å². The van der Waals surface area contributed by atoms with Crippen molar-refractivity contribution in [3.05, 3.63) is 0 Å². The van der Waals surface area contributed by atoms with Crippen LogP contribution in [0, 0.1) is 0 Å². The summed E-state index contributed by atoms with van der Waals surface area (Å²) in [4.78, 5) is 0. The number of hydrogen-bond donors (Lipinski definition) is 0. The summed E-state index contributed by atoms with van der Waals surface area (Å²) >= 11 is 0. The maximum Gasteiger partial charge on any atom is 0.388 e. The zero-order chi connectivity index (χ0) is 10.2. The van der Waals surface area contributed by atoms with Crippen molar-refractivity contribution in [3.63, 3.8) is 0 Å². The van der Waals surface area contributed by atoms with Crippen LogP contribution in [-0.4, -0.2) is 46.4 Å². The van der Waals surface area contributed by atoms with Gasteiger partial charge in [0.2, 0.25) is 0 Å². The highest BCUT2D eigenvalue weighted by molar-refractivity contribution is 6.44. The quantitative estimate of drug-likeness (QED) is 0.386. The molecule has 0 aromatic carbocycles. The molecule has 0 aliphatic rings. The molecule has 0 heterocycles. The third kappa shape index (κ3) is 12.5. The average Bonchev–Trinajstić information content (AvgIpc) is 2.01. The Morgan fingerprint density at radius 2 is 1.85 bits per heavy atom. The van der Waals surface area contributed by atoms with E-state index in [1.807, 2.05) is 0 Å². The van der Waals surface area contributed by atoms with Crippen molar-refractivity contribution in [2.24, 2.45) is 0 Å². The van der Waals surface area contributed by atoms with E-state index in [1.165, 1.54) is 0 Å². The van der Waals surface area contributed by atoms with Crippen molar-refractivity contribution < 1.29 is 25.5 Å². The minimum Gasteiger partial charge on any atom is -0.449 e. The fourth-order valence-electron chi connectivity index (χ4n) is 0.610. The van der Waals surface area contributed by atoms with Crippen LogP contribution in [0.1, 0.15) is 6.42 Å². The highest BCUT2D eigenvalue weighted by Crippen LogP contribution is 2.20. The van der Waals surface area contributed by atoms with Gasteiger partial charge in [-0.2, -0.15) is 13.2 Å². The van der Waals surface area contributed by atoms with Gasteiger partial charge in [0.1, 0.15) is 20.2 Å². The van der Waals surface area contributed by atoms with Gasteiger partial charge in [-0.05, 0) is 6.04 Å². The predicted octanol–water partition coefficient (Wildman–Crippen LogP) is -2.23. The molecule has 0 saturated heterocycles. The second kappa shape index (κ2) is 7.90. The van der Waals surface area contributed by atoms with Gasteiger partial charge in [0.15, 0.2) is 0 Å². The van der Waals surface area contributed by atoms with Crippen molar-refractivity contribution in [1.29, 1.82) is 0 Å². The summed E-state index contributed by atoms with van der Waals surface area (Å²) in [5, 5.41) is 0. The van der Waals surface area contributed by atoms with Crippen LogP contribution in [0.15, 0.2) is 0 Å². The van der Waals surface area contributed by atoms with E-state index in [1.54, 1.807) is 0 Å². The summed E-state index contributed by atoms with van der Waals surface area (Å²) in [6, 6.07) is 0.156. The van der Waals surface area contributed by atoms with Crippen molar-refractivity contribution in [1.82, 2.24) is 0 Å². The van der Waals surface area contributed by atoms with E-state index in [9.17, 15) is 13.2 Å².